The lowest BCUT2D eigenvalue weighted by Crippen LogP contribution is -2.10. The van der Waals surface area contributed by atoms with Crippen LogP contribution in [-0.4, -0.2) is 150 Å². The van der Waals surface area contributed by atoms with E-state index in [2.05, 4.69) is 89.6 Å². The predicted molar refractivity (Wildman–Crippen MR) is 257 cm³/mol. The molecular formula is C43H30Cl4F5N17O10. The van der Waals surface area contributed by atoms with Gasteiger partial charge in [0.25, 0.3) is 0 Å². The summed E-state index contributed by atoms with van der Waals surface area (Å²) in [6.45, 7) is 0. The van der Waals surface area contributed by atoms with Gasteiger partial charge in [0.2, 0.25) is 11.6 Å². The van der Waals surface area contributed by atoms with E-state index in [9.17, 15) is 45.9 Å². The highest BCUT2D eigenvalue weighted by Crippen LogP contribution is 2.23. The third-order valence-electron chi connectivity index (χ3n) is 8.91. The summed E-state index contributed by atoms with van der Waals surface area (Å²) in [5, 5.41) is 28.2. The first-order chi connectivity index (χ1) is 37.8. The van der Waals surface area contributed by atoms with Crippen molar-refractivity contribution in [3.63, 3.8) is 0 Å². The van der Waals surface area contributed by atoms with Crippen LogP contribution in [0.3, 0.4) is 0 Å². The van der Waals surface area contributed by atoms with Crippen molar-refractivity contribution in [1.29, 1.82) is 0 Å². The Bertz CT molecular complexity index is 3380. The molecule has 0 radical (unpaired) electrons. The molecule has 0 saturated carbocycles. The topological polar surface area (TPSA) is 319 Å². The van der Waals surface area contributed by atoms with E-state index in [1.165, 1.54) is 90.4 Å². The molecule has 0 spiro atoms. The van der Waals surface area contributed by atoms with E-state index in [1.807, 2.05) is 0 Å². The maximum atomic E-state index is 13.7. The normalized spacial score (nSPS) is 10.2. The first-order valence-corrected chi connectivity index (χ1v) is 22.2. The fourth-order valence-electron chi connectivity index (χ4n) is 5.35. The van der Waals surface area contributed by atoms with Crippen LogP contribution in [0.1, 0.15) is 51.8 Å². The van der Waals surface area contributed by atoms with Crippen LogP contribution in [0.5, 0.6) is 0 Å². The zero-order valence-electron chi connectivity index (χ0n) is 40.2. The first-order valence-electron chi connectivity index (χ1n) is 20.7. The van der Waals surface area contributed by atoms with Crippen molar-refractivity contribution in [2.75, 3.05) is 35.5 Å². The molecule has 9 rings (SSSR count). The van der Waals surface area contributed by atoms with Crippen LogP contribution in [0, 0.1) is 29.1 Å². The molecule has 0 bridgehead atoms. The Morgan fingerprint density at radius 1 is 0.405 bits per heavy atom. The molecule has 0 saturated heterocycles. The summed E-state index contributed by atoms with van der Waals surface area (Å²) in [6.07, 6.45) is 13.6. The molecule has 9 aromatic rings. The molecular weight excluding hydrogens is 1150 g/mol. The Kier molecular flexibility index (Phi) is 21.8. The fourth-order valence-corrected chi connectivity index (χ4v) is 6.17. The molecule has 0 aliphatic heterocycles. The number of methoxy groups -OCH3 is 5. The largest absolute Gasteiger partial charge is 0.465 e. The molecule has 410 valence electrons. The molecule has 0 aromatic carbocycles. The van der Waals surface area contributed by atoms with E-state index >= 15 is 0 Å². The lowest BCUT2D eigenvalue weighted by atomic mass is 10.3. The Morgan fingerprint density at radius 2 is 0.747 bits per heavy atom. The van der Waals surface area contributed by atoms with Gasteiger partial charge in [0.15, 0.2) is 45.9 Å². The van der Waals surface area contributed by atoms with E-state index in [4.69, 9.17) is 46.4 Å². The summed E-state index contributed by atoms with van der Waals surface area (Å²) >= 11 is 22.3. The molecule has 0 unspecified atom stereocenters. The van der Waals surface area contributed by atoms with Gasteiger partial charge in [-0.2, -0.15) is 29.8 Å². The van der Waals surface area contributed by atoms with E-state index in [0.29, 0.717) is 0 Å². The van der Waals surface area contributed by atoms with Crippen LogP contribution in [0.4, 0.5) is 22.0 Å². The van der Waals surface area contributed by atoms with E-state index in [1.54, 1.807) is 0 Å². The maximum absolute atomic E-state index is 13.7. The fraction of sp³-hybridized carbons (Fsp3) is 0.116. The molecule has 0 aliphatic rings. The molecule has 0 aliphatic carbocycles. The Hall–Kier alpha value is -9.53. The van der Waals surface area contributed by atoms with Crippen molar-refractivity contribution >= 4 is 76.3 Å². The van der Waals surface area contributed by atoms with Gasteiger partial charge in [-0.3, -0.25) is 0 Å². The molecule has 9 aromatic heterocycles. The van der Waals surface area contributed by atoms with Gasteiger partial charge in [-0.1, -0.05) is 56.8 Å². The van der Waals surface area contributed by atoms with Crippen molar-refractivity contribution in [1.82, 2.24) is 84.9 Å². The lowest BCUT2D eigenvalue weighted by molar-refractivity contribution is 0.0591. The number of nitrogens with zero attached hydrogens (tertiary/aromatic N) is 17. The number of hydrogen-bond acceptors (Lipinski definition) is 23. The SMILES string of the molecule is COC(=O)c1cc(F)c(-n2ccnn2)nc1Cl.COC(=O)c1cc(F)c(-n2nccn2)nc1Cl.COC(=O)c1cc(F)c(Cl)nc1Cl.COC(=O)c1cnc(-n2ccnn2)c(F)c1.COC(=O)c1cnc(-n2nccn2)c(F)c1. The molecule has 36 heteroatoms. The molecule has 0 fully saturated rings. The minimum atomic E-state index is -0.813. The highest BCUT2D eigenvalue weighted by Gasteiger charge is 2.21. The van der Waals surface area contributed by atoms with Gasteiger partial charge in [-0.15, -0.1) is 19.8 Å². The summed E-state index contributed by atoms with van der Waals surface area (Å²) in [7, 11) is 5.92. The molecule has 27 nitrogen and oxygen atoms in total. The number of aromatic nitrogens is 17. The quantitative estimate of drug-likeness (QED) is 0.0695. The third-order valence-corrected chi connectivity index (χ3v) is 10.0. The first kappa shape index (κ1) is 60.3. The Balaban J connectivity index is 0.000000182. The summed E-state index contributed by atoms with van der Waals surface area (Å²) in [6, 6.07) is 4.81. The second-order valence-electron chi connectivity index (χ2n) is 13.7. The van der Waals surface area contributed by atoms with Crippen LogP contribution in [0.25, 0.3) is 23.3 Å². The molecule has 9 heterocycles. The van der Waals surface area contributed by atoms with Crippen molar-refractivity contribution in [3.05, 3.63) is 170 Å². The van der Waals surface area contributed by atoms with Crippen molar-refractivity contribution in [2.45, 2.75) is 0 Å². The molecule has 0 N–H and O–H groups in total. The number of halogens is 9. The van der Waals surface area contributed by atoms with Gasteiger partial charge in [-0.05, 0) is 30.3 Å². The average molecular weight is 1180 g/mol. The van der Waals surface area contributed by atoms with Gasteiger partial charge in [0.05, 0.1) is 102 Å². The van der Waals surface area contributed by atoms with Gasteiger partial charge in [-0.25, -0.2) is 70.8 Å². The molecule has 79 heavy (non-hydrogen) atoms. The van der Waals surface area contributed by atoms with Crippen LogP contribution in [-0.2, 0) is 23.7 Å². The van der Waals surface area contributed by atoms with Crippen LogP contribution < -0.4 is 0 Å². The van der Waals surface area contributed by atoms with Crippen molar-refractivity contribution < 1.29 is 69.6 Å². The van der Waals surface area contributed by atoms with Crippen LogP contribution >= 0.6 is 46.4 Å². The summed E-state index contributed by atoms with van der Waals surface area (Å²) in [5.41, 5.74) is -0.357. The maximum Gasteiger partial charge on any atom is 0.341 e. The van der Waals surface area contributed by atoms with Gasteiger partial charge >= 0.3 is 29.8 Å². The highest BCUT2D eigenvalue weighted by molar-refractivity contribution is 6.34. The Labute approximate surface area is 457 Å². The summed E-state index contributed by atoms with van der Waals surface area (Å²) < 4.78 is 91.6. The zero-order valence-corrected chi connectivity index (χ0v) is 43.3. The minimum Gasteiger partial charge on any atom is -0.465 e. The van der Waals surface area contributed by atoms with Crippen LogP contribution in [0.2, 0.25) is 20.6 Å². The number of hydrogen-bond donors (Lipinski definition) is 0. The number of esters is 5. The third kappa shape index (κ3) is 15.8. The van der Waals surface area contributed by atoms with Gasteiger partial charge < -0.3 is 23.7 Å². The highest BCUT2D eigenvalue weighted by atomic mass is 35.5. The van der Waals surface area contributed by atoms with E-state index in [-0.39, 0.29) is 71.7 Å². The number of carbonyl (C=O) groups excluding carboxylic acids is 5. The second kappa shape index (κ2) is 28.6. The monoisotopic (exact) mass is 1180 g/mol. The zero-order chi connectivity index (χ0) is 57.9. The van der Waals surface area contributed by atoms with Gasteiger partial charge in [0, 0.05) is 12.4 Å². The summed E-state index contributed by atoms with van der Waals surface area (Å²) in [4.78, 5) is 76.0. The molecule has 0 amide bonds. The minimum absolute atomic E-state index is 0.0230. The standard InChI is InChI=1S/2C9H6ClFN4O2.2C9H7FN4O2.C7H4Cl2FNO2/c1-17-9(16)5-4-6(11)8(13-7(5)10)15-3-2-12-14-15;1-17-9(16)5-4-6(11)8(14-7(5)10)15-12-2-3-13-15;1-16-9(15)6-4-7(10)8(11-5-6)14-3-2-12-13-14;1-16-9(15)6-4-7(10)8(11-5-6)14-12-2-3-13-14;1-13-7(12)3-2-4(10)6(9)11-5(3)8/h2*2-4H,1H3;2*2-5H,1H3;2H,1H3. The lowest BCUT2D eigenvalue weighted by Gasteiger charge is -2.05. The Morgan fingerprint density at radius 3 is 1.14 bits per heavy atom. The van der Waals surface area contributed by atoms with Crippen molar-refractivity contribution in [3.8, 4) is 23.3 Å². The molecule has 0 atom stereocenters. The van der Waals surface area contributed by atoms with Crippen molar-refractivity contribution in [2.24, 2.45) is 0 Å². The number of carbonyl (C=O) groups is 5. The number of ether oxygens (including phenoxy) is 5. The summed E-state index contributed by atoms with van der Waals surface area (Å²) in [5.74, 6) is -7.69. The predicted octanol–water partition coefficient (Wildman–Crippen LogP) is 5.97. The van der Waals surface area contributed by atoms with E-state index in [0.717, 1.165) is 56.4 Å². The van der Waals surface area contributed by atoms with E-state index < -0.39 is 58.9 Å². The number of pyridine rings is 5. The number of rotatable bonds is 9. The van der Waals surface area contributed by atoms with Gasteiger partial charge in [0.1, 0.15) is 26.6 Å². The van der Waals surface area contributed by atoms with Crippen LogP contribution in [0.15, 0.2) is 92.3 Å². The smallest absolute Gasteiger partial charge is 0.341 e. The average Bonchev–Trinajstić information content (AvgIpc) is 4.37. The second-order valence-corrected chi connectivity index (χ2v) is 15.1.